The van der Waals surface area contributed by atoms with E-state index < -0.39 is 0 Å². The maximum absolute atomic E-state index is 10.0. The topological polar surface area (TPSA) is 50.9 Å². The molecule has 0 aliphatic heterocycles. The van der Waals surface area contributed by atoms with Crippen molar-refractivity contribution >= 4 is 0 Å². The molecule has 0 saturated heterocycles. The molecule has 2 aromatic rings. The van der Waals surface area contributed by atoms with Crippen molar-refractivity contribution in [2.24, 2.45) is 0 Å². The number of benzene rings is 1. The van der Waals surface area contributed by atoms with Gasteiger partial charge in [-0.25, -0.2) is 9.67 Å². The van der Waals surface area contributed by atoms with E-state index in [9.17, 15) is 5.11 Å². The average Bonchev–Trinajstić information content (AvgIpc) is 2.97. The third kappa shape index (κ3) is 2.01. The number of phenolic OH excluding ortho intramolecular Hbond substituents is 1. The van der Waals surface area contributed by atoms with Crippen molar-refractivity contribution < 1.29 is 5.11 Å². The Morgan fingerprint density at radius 1 is 1.21 bits per heavy atom. The minimum absolute atomic E-state index is 0.0730. The Labute approximate surface area is 113 Å². The van der Waals surface area contributed by atoms with Crippen molar-refractivity contribution in [2.75, 3.05) is 0 Å². The maximum atomic E-state index is 10.0. The molecule has 0 spiro atoms. The molecule has 3 rings (SSSR count). The Morgan fingerprint density at radius 3 is 2.58 bits per heavy atom. The van der Waals surface area contributed by atoms with Gasteiger partial charge in [0.1, 0.15) is 23.1 Å². The lowest BCUT2D eigenvalue weighted by Gasteiger charge is -2.23. The smallest absolute Gasteiger partial charge is 0.148 e. The second kappa shape index (κ2) is 4.37. The van der Waals surface area contributed by atoms with Gasteiger partial charge in [-0.15, -0.1) is 0 Å². The number of aryl methyl sites for hydroxylation is 1. The summed E-state index contributed by atoms with van der Waals surface area (Å²) in [6, 6.07) is 7.30. The van der Waals surface area contributed by atoms with Gasteiger partial charge < -0.3 is 5.11 Å². The van der Waals surface area contributed by atoms with Gasteiger partial charge in [-0.1, -0.05) is 31.9 Å². The van der Waals surface area contributed by atoms with Gasteiger partial charge in [-0.05, 0) is 31.9 Å². The molecule has 1 saturated carbocycles. The first kappa shape index (κ1) is 12.2. The number of aromatic nitrogens is 3. The number of phenols is 1. The van der Waals surface area contributed by atoms with Gasteiger partial charge in [0.15, 0.2) is 0 Å². The second-order valence-electron chi connectivity index (χ2n) is 5.65. The van der Waals surface area contributed by atoms with Crippen LogP contribution < -0.4 is 0 Å². The zero-order valence-corrected chi connectivity index (χ0v) is 11.4. The van der Waals surface area contributed by atoms with Crippen LogP contribution >= 0.6 is 0 Å². The molecule has 0 atom stereocenters. The van der Waals surface area contributed by atoms with Crippen LogP contribution in [0.5, 0.6) is 5.75 Å². The molecule has 100 valence electrons. The van der Waals surface area contributed by atoms with Crippen molar-refractivity contribution in [1.29, 1.82) is 0 Å². The fourth-order valence-corrected chi connectivity index (χ4v) is 3.00. The largest absolute Gasteiger partial charge is 0.506 e. The van der Waals surface area contributed by atoms with E-state index in [4.69, 9.17) is 0 Å². The van der Waals surface area contributed by atoms with Gasteiger partial charge in [0.2, 0.25) is 0 Å². The van der Waals surface area contributed by atoms with Gasteiger partial charge in [0.25, 0.3) is 0 Å². The van der Waals surface area contributed by atoms with Gasteiger partial charge in [-0.2, -0.15) is 5.10 Å². The molecule has 0 unspecified atom stereocenters. The third-order valence-electron chi connectivity index (χ3n) is 4.07. The van der Waals surface area contributed by atoms with E-state index in [1.165, 1.54) is 12.8 Å². The minimum atomic E-state index is 0.0730. The molecule has 1 aromatic carbocycles. The minimum Gasteiger partial charge on any atom is -0.506 e. The lowest BCUT2D eigenvalue weighted by atomic mass is 9.88. The van der Waals surface area contributed by atoms with Crippen LogP contribution in [-0.4, -0.2) is 19.9 Å². The zero-order chi connectivity index (χ0) is 13.5. The number of hydrogen-bond acceptors (Lipinski definition) is 3. The maximum Gasteiger partial charge on any atom is 0.148 e. The molecule has 1 aliphatic rings. The highest BCUT2D eigenvalue weighted by Crippen LogP contribution is 2.40. The van der Waals surface area contributed by atoms with Crippen LogP contribution in [0.1, 0.15) is 44.3 Å². The van der Waals surface area contributed by atoms with E-state index in [0.29, 0.717) is 5.69 Å². The molecule has 19 heavy (non-hydrogen) atoms. The Bertz CT molecular complexity index is 597. The standard InChI is InChI=1S/C15H19N3O/c1-11-16-14(15(2)9-5-6-10-15)18(17-11)12-7-3-4-8-13(12)19/h3-4,7-8,19H,5-6,9-10H2,1-2H3. The monoisotopic (exact) mass is 257 g/mol. The lowest BCUT2D eigenvalue weighted by molar-refractivity contribution is 0.436. The molecule has 1 heterocycles. The molecule has 1 fully saturated rings. The highest BCUT2D eigenvalue weighted by atomic mass is 16.3. The van der Waals surface area contributed by atoms with Crippen molar-refractivity contribution in [1.82, 2.24) is 14.8 Å². The van der Waals surface area contributed by atoms with E-state index >= 15 is 0 Å². The predicted molar refractivity (Wildman–Crippen MR) is 73.6 cm³/mol. The quantitative estimate of drug-likeness (QED) is 0.899. The summed E-state index contributed by atoms with van der Waals surface area (Å²) < 4.78 is 1.82. The van der Waals surface area contributed by atoms with Crippen LogP contribution in [-0.2, 0) is 5.41 Å². The second-order valence-corrected chi connectivity index (χ2v) is 5.65. The SMILES string of the molecule is Cc1nc(C2(C)CCCC2)n(-c2ccccc2O)n1. The number of hydrogen-bond donors (Lipinski definition) is 1. The predicted octanol–water partition coefficient (Wildman–Crippen LogP) is 3.11. The number of para-hydroxylation sites is 2. The van der Waals surface area contributed by atoms with Gasteiger partial charge in [-0.3, -0.25) is 0 Å². The van der Waals surface area contributed by atoms with Crippen LogP contribution in [0.4, 0.5) is 0 Å². The molecule has 1 aromatic heterocycles. The summed E-state index contributed by atoms with van der Waals surface area (Å²) in [7, 11) is 0. The van der Waals surface area contributed by atoms with Crippen molar-refractivity contribution in [3.63, 3.8) is 0 Å². The Hall–Kier alpha value is -1.84. The molecule has 0 bridgehead atoms. The van der Waals surface area contributed by atoms with Crippen LogP contribution in [0.15, 0.2) is 24.3 Å². The molecule has 4 heteroatoms. The summed E-state index contributed by atoms with van der Waals surface area (Å²) >= 11 is 0. The average molecular weight is 257 g/mol. The first-order valence-corrected chi connectivity index (χ1v) is 6.83. The summed E-state index contributed by atoms with van der Waals surface area (Å²) in [6.07, 6.45) is 4.75. The summed E-state index contributed by atoms with van der Waals surface area (Å²) in [5.74, 6) is 1.98. The number of aromatic hydroxyl groups is 1. The summed E-state index contributed by atoms with van der Waals surface area (Å²) in [5.41, 5.74) is 0.787. The number of nitrogens with zero attached hydrogens (tertiary/aromatic N) is 3. The van der Waals surface area contributed by atoms with Crippen LogP contribution in [0.2, 0.25) is 0 Å². The van der Waals surface area contributed by atoms with Crippen molar-refractivity contribution in [2.45, 2.75) is 44.9 Å². The first-order chi connectivity index (χ1) is 9.10. The van der Waals surface area contributed by atoms with E-state index in [2.05, 4.69) is 17.0 Å². The van der Waals surface area contributed by atoms with Crippen molar-refractivity contribution in [3.05, 3.63) is 35.9 Å². The summed E-state index contributed by atoms with van der Waals surface area (Å²) in [6.45, 7) is 4.15. The molecule has 1 N–H and O–H groups in total. The molecular formula is C15H19N3O. The van der Waals surface area contributed by atoms with E-state index in [1.54, 1.807) is 6.07 Å². The van der Waals surface area contributed by atoms with Gasteiger partial charge in [0.05, 0.1) is 0 Å². The van der Waals surface area contributed by atoms with Crippen LogP contribution in [0.25, 0.3) is 5.69 Å². The van der Waals surface area contributed by atoms with Gasteiger partial charge >= 0.3 is 0 Å². The molecule has 0 radical (unpaired) electrons. The first-order valence-electron chi connectivity index (χ1n) is 6.83. The van der Waals surface area contributed by atoms with Crippen LogP contribution in [0, 0.1) is 6.92 Å². The third-order valence-corrected chi connectivity index (χ3v) is 4.07. The van der Waals surface area contributed by atoms with Crippen LogP contribution in [0.3, 0.4) is 0 Å². The fraction of sp³-hybridized carbons (Fsp3) is 0.467. The van der Waals surface area contributed by atoms with Gasteiger partial charge in [0, 0.05) is 5.41 Å². The molecular weight excluding hydrogens is 238 g/mol. The van der Waals surface area contributed by atoms with Crippen molar-refractivity contribution in [3.8, 4) is 11.4 Å². The Morgan fingerprint density at radius 2 is 1.89 bits per heavy atom. The highest BCUT2D eigenvalue weighted by molar-refractivity contribution is 5.45. The molecule has 1 aliphatic carbocycles. The van der Waals surface area contributed by atoms with E-state index in [-0.39, 0.29) is 11.2 Å². The highest BCUT2D eigenvalue weighted by Gasteiger charge is 2.36. The summed E-state index contributed by atoms with van der Waals surface area (Å²) in [4.78, 5) is 4.62. The number of rotatable bonds is 2. The lowest BCUT2D eigenvalue weighted by Crippen LogP contribution is -2.23. The normalized spacial score (nSPS) is 17.8. The van der Waals surface area contributed by atoms with E-state index in [0.717, 1.165) is 24.5 Å². The fourth-order valence-electron chi connectivity index (χ4n) is 3.00. The molecule has 4 nitrogen and oxygen atoms in total. The van der Waals surface area contributed by atoms with E-state index in [1.807, 2.05) is 29.8 Å². The Kier molecular flexibility index (Phi) is 2.81. The summed E-state index contributed by atoms with van der Waals surface area (Å²) in [5, 5.41) is 14.5. The molecule has 0 amide bonds. The Balaban J connectivity index is 2.15. The zero-order valence-electron chi connectivity index (χ0n) is 11.4.